The van der Waals surface area contributed by atoms with Crippen LogP contribution in [0.25, 0.3) is 0 Å². The molecule has 3 rings (SSSR count). The number of halogens is 1. The van der Waals surface area contributed by atoms with Gasteiger partial charge in [-0.1, -0.05) is 34.1 Å². The fraction of sp³-hybridized carbons (Fsp3) is 0.350. The molecular formula is C20H24BrN3O4S. The number of hydrogen-bond acceptors (Lipinski definition) is 5. The Labute approximate surface area is 179 Å². The Balaban J connectivity index is 1.61. The summed E-state index contributed by atoms with van der Waals surface area (Å²) in [6.07, 6.45) is -0.0850. The van der Waals surface area contributed by atoms with E-state index >= 15 is 0 Å². The van der Waals surface area contributed by atoms with Crippen molar-refractivity contribution in [2.75, 3.05) is 45.7 Å². The van der Waals surface area contributed by atoms with Crippen LogP contribution in [0, 0.1) is 0 Å². The van der Waals surface area contributed by atoms with Crippen LogP contribution in [-0.2, 0) is 19.6 Å². The van der Waals surface area contributed by atoms with E-state index in [0.717, 1.165) is 14.3 Å². The number of ether oxygens (including phenoxy) is 1. The van der Waals surface area contributed by atoms with Crippen molar-refractivity contribution in [1.29, 1.82) is 0 Å². The van der Waals surface area contributed by atoms with Crippen molar-refractivity contribution in [3.05, 3.63) is 58.6 Å². The molecule has 0 bridgehead atoms. The number of anilines is 1. The third-order valence-corrected chi connectivity index (χ3v) is 7.00. The van der Waals surface area contributed by atoms with Crippen LogP contribution in [-0.4, -0.2) is 63.9 Å². The molecule has 1 aliphatic heterocycles. The topological polar surface area (TPSA) is 79.0 Å². The Bertz CT molecular complexity index is 964. The molecule has 1 fully saturated rings. The van der Waals surface area contributed by atoms with Crippen LogP contribution in [0.2, 0.25) is 0 Å². The highest BCUT2D eigenvalue weighted by molar-refractivity contribution is 9.10. The summed E-state index contributed by atoms with van der Waals surface area (Å²) in [5.74, 6) is -0.194. The maximum absolute atomic E-state index is 12.5. The number of hydrogen-bond donors (Lipinski definition) is 1. The molecule has 1 heterocycles. The number of morpholine rings is 1. The highest BCUT2D eigenvalue weighted by Gasteiger charge is 2.24. The zero-order chi connectivity index (χ0) is 21.0. The van der Waals surface area contributed by atoms with Gasteiger partial charge in [0.1, 0.15) is 0 Å². The maximum Gasteiger partial charge on any atom is 0.242 e. The van der Waals surface area contributed by atoms with E-state index in [9.17, 15) is 13.2 Å². The Kier molecular flexibility index (Phi) is 7.07. The molecule has 2 aromatic carbocycles. The van der Waals surface area contributed by atoms with E-state index < -0.39 is 10.0 Å². The van der Waals surface area contributed by atoms with Crippen LogP contribution in [0.1, 0.15) is 11.7 Å². The predicted molar refractivity (Wildman–Crippen MR) is 115 cm³/mol. The molecule has 9 heteroatoms. The fourth-order valence-electron chi connectivity index (χ4n) is 3.07. The minimum Gasteiger partial charge on any atom is -0.371 e. The number of nitrogens with one attached hydrogen (secondary N) is 1. The van der Waals surface area contributed by atoms with Gasteiger partial charge in [0, 0.05) is 37.3 Å². The third-order valence-electron chi connectivity index (χ3n) is 4.66. The van der Waals surface area contributed by atoms with Gasteiger partial charge in [-0.15, -0.1) is 0 Å². The largest absolute Gasteiger partial charge is 0.371 e. The van der Waals surface area contributed by atoms with Crippen LogP contribution in [0.3, 0.4) is 0 Å². The van der Waals surface area contributed by atoms with Crippen molar-refractivity contribution in [2.24, 2.45) is 0 Å². The first-order valence-electron chi connectivity index (χ1n) is 9.17. The summed E-state index contributed by atoms with van der Waals surface area (Å²) in [5, 5.41) is 2.79. The van der Waals surface area contributed by atoms with E-state index in [1.807, 2.05) is 29.2 Å². The molecule has 0 aliphatic carbocycles. The fourth-order valence-corrected chi connectivity index (χ4v) is 4.29. The highest BCUT2D eigenvalue weighted by Crippen LogP contribution is 2.24. The number of carbonyl (C=O) groups is 1. The lowest BCUT2D eigenvalue weighted by atomic mass is 10.1. The number of rotatable bonds is 6. The second-order valence-electron chi connectivity index (χ2n) is 7.01. The van der Waals surface area contributed by atoms with Crippen molar-refractivity contribution >= 4 is 37.5 Å². The molecule has 1 unspecified atom stereocenters. The Morgan fingerprint density at radius 1 is 1.24 bits per heavy atom. The van der Waals surface area contributed by atoms with Crippen molar-refractivity contribution in [3.8, 4) is 0 Å². The Morgan fingerprint density at radius 2 is 1.97 bits per heavy atom. The molecule has 1 saturated heterocycles. The quantitative estimate of drug-likeness (QED) is 0.685. The molecule has 0 saturated carbocycles. The summed E-state index contributed by atoms with van der Waals surface area (Å²) < 4.78 is 32.5. The predicted octanol–water partition coefficient (Wildman–Crippen LogP) is 2.71. The smallest absolute Gasteiger partial charge is 0.242 e. The molecule has 1 aliphatic rings. The average Bonchev–Trinajstić information content (AvgIpc) is 2.68. The number of sulfonamides is 1. The lowest BCUT2D eigenvalue weighted by molar-refractivity contribution is -0.119. The van der Waals surface area contributed by atoms with Crippen LogP contribution in [0.15, 0.2) is 57.9 Å². The standard InChI is InChI=1S/C20H24BrN3O4S/c1-23(2)29(26,27)18-5-3-4-17(12-18)22-20(25)14-24-10-11-28-19(13-24)15-6-8-16(21)9-7-15/h3-9,12,19H,10-11,13-14H2,1-2H3,(H,22,25). The monoisotopic (exact) mass is 481 g/mol. The van der Waals surface area contributed by atoms with Gasteiger partial charge in [-0.3, -0.25) is 9.69 Å². The van der Waals surface area contributed by atoms with Crippen LogP contribution in [0.5, 0.6) is 0 Å². The molecular weight excluding hydrogens is 458 g/mol. The van der Waals surface area contributed by atoms with Crippen LogP contribution >= 0.6 is 15.9 Å². The summed E-state index contributed by atoms with van der Waals surface area (Å²) in [7, 11) is -0.606. The van der Waals surface area contributed by atoms with E-state index in [1.54, 1.807) is 12.1 Å². The Hall–Kier alpha value is -1.78. The Morgan fingerprint density at radius 3 is 2.66 bits per heavy atom. The average molecular weight is 482 g/mol. The first-order chi connectivity index (χ1) is 13.8. The lowest BCUT2D eigenvalue weighted by Crippen LogP contribution is -2.42. The second-order valence-corrected chi connectivity index (χ2v) is 10.1. The van der Waals surface area contributed by atoms with Gasteiger partial charge >= 0.3 is 0 Å². The van der Waals surface area contributed by atoms with Gasteiger partial charge in [0.2, 0.25) is 15.9 Å². The van der Waals surface area contributed by atoms with E-state index in [0.29, 0.717) is 25.4 Å². The first kappa shape index (κ1) is 21.9. The number of carbonyl (C=O) groups excluding carboxylic acids is 1. The maximum atomic E-state index is 12.5. The van der Waals surface area contributed by atoms with Crippen LogP contribution in [0.4, 0.5) is 5.69 Å². The van der Waals surface area contributed by atoms with Crippen molar-refractivity contribution < 1.29 is 17.9 Å². The molecule has 0 radical (unpaired) electrons. The SMILES string of the molecule is CN(C)S(=O)(=O)c1cccc(NC(=O)CN2CCOC(c3ccc(Br)cc3)C2)c1. The van der Waals surface area contributed by atoms with E-state index in [-0.39, 0.29) is 23.5 Å². The summed E-state index contributed by atoms with van der Waals surface area (Å²) in [5.41, 5.74) is 1.52. The molecule has 156 valence electrons. The molecule has 1 atom stereocenters. The van der Waals surface area contributed by atoms with Gasteiger partial charge in [-0.25, -0.2) is 12.7 Å². The van der Waals surface area contributed by atoms with Gasteiger partial charge in [-0.05, 0) is 35.9 Å². The summed E-state index contributed by atoms with van der Waals surface area (Å²) in [6.45, 7) is 2.03. The van der Waals surface area contributed by atoms with Gasteiger partial charge < -0.3 is 10.1 Å². The molecule has 0 aromatic heterocycles. The third kappa shape index (κ3) is 5.64. The molecule has 7 nitrogen and oxygen atoms in total. The van der Waals surface area contributed by atoms with Gasteiger partial charge in [0.05, 0.1) is 24.2 Å². The number of nitrogens with zero attached hydrogens (tertiary/aromatic N) is 2. The highest BCUT2D eigenvalue weighted by atomic mass is 79.9. The first-order valence-corrected chi connectivity index (χ1v) is 11.4. The normalized spacial score (nSPS) is 18.0. The lowest BCUT2D eigenvalue weighted by Gasteiger charge is -2.32. The number of amides is 1. The van der Waals surface area contributed by atoms with Gasteiger partial charge in [-0.2, -0.15) is 0 Å². The summed E-state index contributed by atoms with van der Waals surface area (Å²) >= 11 is 3.43. The minimum atomic E-state index is -3.55. The minimum absolute atomic E-state index is 0.0850. The van der Waals surface area contributed by atoms with E-state index in [4.69, 9.17) is 4.74 Å². The van der Waals surface area contributed by atoms with Gasteiger partial charge in [0.15, 0.2) is 0 Å². The van der Waals surface area contributed by atoms with Gasteiger partial charge in [0.25, 0.3) is 0 Å². The second kappa shape index (κ2) is 9.36. The zero-order valence-electron chi connectivity index (χ0n) is 16.3. The molecule has 1 N–H and O–H groups in total. The number of benzene rings is 2. The summed E-state index contributed by atoms with van der Waals surface area (Å²) in [4.78, 5) is 14.7. The zero-order valence-corrected chi connectivity index (χ0v) is 18.7. The van der Waals surface area contributed by atoms with Crippen molar-refractivity contribution in [1.82, 2.24) is 9.21 Å². The van der Waals surface area contributed by atoms with E-state index in [1.165, 1.54) is 26.2 Å². The molecule has 1 amide bonds. The molecule has 2 aromatic rings. The van der Waals surface area contributed by atoms with Crippen LogP contribution < -0.4 is 5.32 Å². The summed E-state index contributed by atoms with van der Waals surface area (Å²) in [6, 6.07) is 14.2. The molecule has 29 heavy (non-hydrogen) atoms. The molecule has 0 spiro atoms. The van der Waals surface area contributed by atoms with E-state index in [2.05, 4.69) is 21.2 Å². The van der Waals surface area contributed by atoms with Crippen molar-refractivity contribution in [3.63, 3.8) is 0 Å². The van der Waals surface area contributed by atoms with Crippen molar-refractivity contribution in [2.45, 2.75) is 11.0 Å².